The van der Waals surface area contributed by atoms with E-state index in [-0.39, 0.29) is 0 Å². The minimum atomic E-state index is 0.494. The summed E-state index contributed by atoms with van der Waals surface area (Å²) in [6.07, 6.45) is 4.35. The van der Waals surface area contributed by atoms with Gasteiger partial charge in [-0.25, -0.2) is 0 Å². The van der Waals surface area contributed by atoms with Crippen LogP contribution in [0.15, 0.2) is 52.9 Å². The zero-order valence-electron chi connectivity index (χ0n) is 16.0. The molecule has 0 aliphatic carbocycles. The Labute approximate surface area is 160 Å². The SMILES string of the molecule is CCCCOc1ccc(-c2nnc(-c3ccc(OCCCC)cc3)o2)cc1. The van der Waals surface area contributed by atoms with E-state index in [1.54, 1.807) is 0 Å². The molecular formula is C22H26N2O3. The fourth-order valence-electron chi connectivity index (χ4n) is 2.51. The molecule has 27 heavy (non-hydrogen) atoms. The van der Waals surface area contributed by atoms with E-state index < -0.39 is 0 Å². The summed E-state index contributed by atoms with van der Waals surface area (Å²) in [7, 11) is 0. The average molecular weight is 366 g/mol. The summed E-state index contributed by atoms with van der Waals surface area (Å²) in [5.74, 6) is 2.69. The summed E-state index contributed by atoms with van der Waals surface area (Å²) in [5.41, 5.74) is 1.74. The van der Waals surface area contributed by atoms with Gasteiger partial charge in [0, 0.05) is 11.1 Å². The third-order valence-corrected chi connectivity index (χ3v) is 4.16. The molecule has 3 aromatic rings. The van der Waals surface area contributed by atoms with Gasteiger partial charge < -0.3 is 13.9 Å². The van der Waals surface area contributed by atoms with Crippen LogP contribution in [-0.4, -0.2) is 23.4 Å². The topological polar surface area (TPSA) is 57.4 Å². The Morgan fingerprint density at radius 2 is 1.07 bits per heavy atom. The van der Waals surface area contributed by atoms with Crippen molar-refractivity contribution in [1.29, 1.82) is 0 Å². The van der Waals surface area contributed by atoms with Crippen molar-refractivity contribution >= 4 is 0 Å². The van der Waals surface area contributed by atoms with Gasteiger partial charge in [0.05, 0.1) is 13.2 Å². The van der Waals surface area contributed by atoms with Crippen LogP contribution in [0.1, 0.15) is 39.5 Å². The summed E-state index contributed by atoms with van der Waals surface area (Å²) < 4.78 is 17.2. The van der Waals surface area contributed by atoms with Gasteiger partial charge in [0.1, 0.15) is 11.5 Å². The molecule has 5 heteroatoms. The van der Waals surface area contributed by atoms with E-state index in [0.717, 1.165) is 61.5 Å². The predicted molar refractivity (Wildman–Crippen MR) is 106 cm³/mol. The first-order valence-corrected chi connectivity index (χ1v) is 9.60. The van der Waals surface area contributed by atoms with Crippen LogP contribution in [0.4, 0.5) is 0 Å². The maximum atomic E-state index is 5.83. The second-order valence-electron chi connectivity index (χ2n) is 6.37. The number of benzene rings is 2. The Morgan fingerprint density at radius 3 is 1.44 bits per heavy atom. The van der Waals surface area contributed by atoms with E-state index in [1.165, 1.54) is 0 Å². The van der Waals surface area contributed by atoms with E-state index in [9.17, 15) is 0 Å². The summed E-state index contributed by atoms with van der Waals surface area (Å²) >= 11 is 0. The predicted octanol–water partition coefficient (Wildman–Crippen LogP) is 5.76. The number of hydrogen-bond donors (Lipinski definition) is 0. The molecule has 142 valence electrons. The van der Waals surface area contributed by atoms with Crippen LogP contribution >= 0.6 is 0 Å². The van der Waals surface area contributed by atoms with Crippen molar-refractivity contribution < 1.29 is 13.9 Å². The van der Waals surface area contributed by atoms with Gasteiger partial charge in [0.15, 0.2) is 0 Å². The average Bonchev–Trinajstić information content (AvgIpc) is 3.20. The largest absolute Gasteiger partial charge is 0.494 e. The van der Waals surface area contributed by atoms with Gasteiger partial charge in [0.25, 0.3) is 0 Å². The molecule has 1 heterocycles. The van der Waals surface area contributed by atoms with Crippen molar-refractivity contribution in [3.63, 3.8) is 0 Å². The van der Waals surface area contributed by atoms with Crippen molar-refractivity contribution in [2.24, 2.45) is 0 Å². The molecule has 0 saturated carbocycles. The Balaban J connectivity index is 1.64. The molecule has 0 atom stereocenters. The van der Waals surface area contributed by atoms with Crippen LogP contribution in [0.2, 0.25) is 0 Å². The van der Waals surface area contributed by atoms with Gasteiger partial charge in [-0.15, -0.1) is 10.2 Å². The van der Waals surface area contributed by atoms with Crippen molar-refractivity contribution in [3.8, 4) is 34.4 Å². The Morgan fingerprint density at radius 1 is 0.667 bits per heavy atom. The summed E-state index contributed by atoms with van der Waals surface area (Å²) in [4.78, 5) is 0. The molecule has 0 bridgehead atoms. The molecule has 0 radical (unpaired) electrons. The van der Waals surface area contributed by atoms with Gasteiger partial charge in [0.2, 0.25) is 11.8 Å². The first kappa shape index (κ1) is 19.0. The van der Waals surface area contributed by atoms with Crippen LogP contribution in [0.5, 0.6) is 11.5 Å². The van der Waals surface area contributed by atoms with Gasteiger partial charge in [-0.2, -0.15) is 0 Å². The minimum Gasteiger partial charge on any atom is -0.494 e. The normalized spacial score (nSPS) is 10.7. The molecule has 0 spiro atoms. The molecule has 0 aliphatic rings. The van der Waals surface area contributed by atoms with Crippen molar-refractivity contribution in [2.75, 3.05) is 13.2 Å². The Hall–Kier alpha value is -2.82. The zero-order chi connectivity index (χ0) is 18.9. The molecule has 0 unspecified atom stereocenters. The van der Waals surface area contributed by atoms with Crippen LogP contribution in [0.3, 0.4) is 0 Å². The molecule has 0 saturated heterocycles. The molecule has 3 rings (SSSR count). The highest BCUT2D eigenvalue weighted by atomic mass is 16.5. The summed E-state index contributed by atoms with van der Waals surface area (Å²) in [6.45, 7) is 5.76. The third-order valence-electron chi connectivity index (χ3n) is 4.16. The first-order chi connectivity index (χ1) is 13.3. The number of rotatable bonds is 10. The molecule has 0 aliphatic heterocycles. The van der Waals surface area contributed by atoms with Gasteiger partial charge in [-0.3, -0.25) is 0 Å². The second kappa shape index (κ2) is 9.76. The lowest BCUT2D eigenvalue weighted by Crippen LogP contribution is -1.95. The van der Waals surface area contributed by atoms with Gasteiger partial charge >= 0.3 is 0 Å². The highest BCUT2D eigenvalue weighted by molar-refractivity contribution is 5.59. The number of ether oxygens (including phenoxy) is 2. The smallest absolute Gasteiger partial charge is 0.248 e. The number of hydrogen-bond acceptors (Lipinski definition) is 5. The van der Waals surface area contributed by atoms with Gasteiger partial charge in [-0.05, 0) is 61.4 Å². The maximum Gasteiger partial charge on any atom is 0.248 e. The van der Waals surface area contributed by atoms with E-state index in [2.05, 4.69) is 24.0 Å². The fraction of sp³-hybridized carbons (Fsp3) is 0.364. The Bertz CT molecular complexity index is 742. The fourth-order valence-corrected chi connectivity index (χ4v) is 2.51. The maximum absolute atomic E-state index is 5.83. The number of nitrogens with zero attached hydrogens (tertiary/aromatic N) is 2. The third kappa shape index (κ3) is 5.33. The number of unbranched alkanes of at least 4 members (excludes halogenated alkanes) is 2. The van der Waals surface area contributed by atoms with E-state index >= 15 is 0 Å². The zero-order valence-corrected chi connectivity index (χ0v) is 16.0. The summed E-state index contributed by atoms with van der Waals surface area (Å²) in [6, 6.07) is 15.4. The van der Waals surface area contributed by atoms with E-state index in [0.29, 0.717) is 11.8 Å². The van der Waals surface area contributed by atoms with Crippen molar-refractivity contribution in [1.82, 2.24) is 10.2 Å². The lowest BCUT2D eigenvalue weighted by molar-refractivity contribution is 0.309. The first-order valence-electron chi connectivity index (χ1n) is 9.60. The standard InChI is InChI=1S/C22H26N2O3/c1-3-5-15-25-19-11-7-17(8-12-19)21-23-24-22(27-21)18-9-13-20(14-10-18)26-16-6-4-2/h7-14H,3-6,15-16H2,1-2H3. The molecule has 5 nitrogen and oxygen atoms in total. The molecule has 0 amide bonds. The Kier molecular flexibility index (Phi) is 6.85. The molecular weight excluding hydrogens is 340 g/mol. The van der Waals surface area contributed by atoms with Crippen LogP contribution in [-0.2, 0) is 0 Å². The summed E-state index contributed by atoms with van der Waals surface area (Å²) in [5, 5.41) is 8.32. The minimum absolute atomic E-state index is 0.494. The lowest BCUT2D eigenvalue weighted by atomic mass is 10.2. The molecule has 2 aromatic carbocycles. The van der Waals surface area contributed by atoms with Crippen LogP contribution < -0.4 is 9.47 Å². The van der Waals surface area contributed by atoms with E-state index in [1.807, 2.05) is 48.5 Å². The van der Waals surface area contributed by atoms with Gasteiger partial charge in [-0.1, -0.05) is 26.7 Å². The van der Waals surface area contributed by atoms with Crippen molar-refractivity contribution in [2.45, 2.75) is 39.5 Å². The lowest BCUT2D eigenvalue weighted by Gasteiger charge is -2.05. The number of aromatic nitrogens is 2. The van der Waals surface area contributed by atoms with Crippen LogP contribution in [0, 0.1) is 0 Å². The molecule has 0 N–H and O–H groups in total. The highest BCUT2D eigenvalue weighted by Crippen LogP contribution is 2.26. The second-order valence-corrected chi connectivity index (χ2v) is 6.37. The molecule has 0 fully saturated rings. The molecule has 1 aromatic heterocycles. The van der Waals surface area contributed by atoms with Crippen LogP contribution in [0.25, 0.3) is 22.9 Å². The quantitative estimate of drug-likeness (QED) is 0.427. The van der Waals surface area contributed by atoms with E-state index in [4.69, 9.17) is 13.9 Å². The highest BCUT2D eigenvalue weighted by Gasteiger charge is 2.11. The van der Waals surface area contributed by atoms with Crippen molar-refractivity contribution in [3.05, 3.63) is 48.5 Å². The monoisotopic (exact) mass is 366 g/mol.